The quantitative estimate of drug-likeness (QED) is 0.395. The summed E-state index contributed by atoms with van der Waals surface area (Å²) < 4.78 is 50.3. The minimum Gasteiger partial charge on any atom is -0.364 e. The Balaban J connectivity index is 1.85. The molecule has 0 saturated heterocycles. The van der Waals surface area contributed by atoms with Crippen molar-refractivity contribution in [3.63, 3.8) is 0 Å². The molecule has 3 aromatic heterocycles. The molecule has 2 atom stereocenters. The zero-order chi connectivity index (χ0) is 22.7. The van der Waals surface area contributed by atoms with E-state index in [1.807, 2.05) is 17.5 Å². The number of nitrogens with zero attached hydrogens (tertiary/aromatic N) is 2. The van der Waals surface area contributed by atoms with Crippen molar-refractivity contribution in [3.8, 4) is 0 Å². The fraction of sp³-hybridized carbons (Fsp3) is 0.294. The van der Waals surface area contributed by atoms with Gasteiger partial charge in [-0.3, -0.25) is 0 Å². The van der Waals surface area contributed by atoms with Crippen LogP contribution < -0.4 is 11.1 Å². The van der Waals surface area contributed by atoms with Crippen LogP contribution in [0.15, 0.2) is 34.1 Å². The van der Waals surface area contributed by atoms with Gasteiger partial charge in [0.1, 0.15) is 11.3 Å². The van der Waals surface area contributed by atoms with Crippen LogP contribution in [0.5, 0.6) is 0 Å². The van der Waals surface area contributed by atoms with Gasteiger partial charge >= 0.3 is 0 Å². The summed E-state index contributed by atoms with van der Waals surface area (Å²) in [6.45, 7) is 0.513. The smallest absolute Gasteiger partial charge is 0.225 e. The Labute approximate surface area is 175 Å². The monoisotopic (exact) mass is 460 g/mol. The van der Waals surface area contributed by atoms with E-state index in [0.29, 0.717) is 31.9 Å². The Morgan fingerprint density at radius 3 is 3.08 bits per heavy atom. The summed E-state index contributed by atoms with van der Waals surface area (Å²) in [5, 5.41) is 5.20. The minimum atomic E-state index is -2.35. The maximum Gasteiger partial charge on any atom is 0.225 e. The Morgan fingerprint density at radius 2 is 2.28 bits per heavy atom. The first-order valence-electron chi connectivity index (χ1n) is 10.3. The highest BCUT2D eigenvalue weighted by atomic mass is 79.9. The van der Waals surface area contributed by atoms with E-state index in [2.05, 4.69) is 31.2 Å². The van der Waals surface area contributed by atoms with Crippen LogP contribution in [0.3, 0.4) is 0 Å². The van der Waals surface area contributed by atoms with Crippen molar-refractivity contribution in [2.45, 2.75) is 31.3 Å². The molecule has 3 N–H and O–H groups in total. The first-order chi connectivity index (χ1) is 14.5. The predicted octanol–water partition coefficient (Wildman–Crippen LogP) is 5.54. The summed E-state index contributed by atoms with van der Waals surface area (Å²) in [7, 11) is 0. The second-order valence-corrected chi connectivity index (χ2v) is 8.49. The van der Waals surface area contributed by atoms with Gasteiger partial charge in [0.25, 0.3) is 0 Å². The van der Waals surface area contributed by atoms with Gasteiger partial charge in [0.05, 0.1) is 18.5 Å². The molecule has 4 nitrogen and oxygen atoms in total. The molecule has 1 aliphatic rings. The van der Waals surface area contributed by atoms with Crippen LogP contribution in [0.1, 0.15) is 36.6 Å². The number of allylic oxidation sites excluding steroid dienone is 1. The van der Waals surface area contributed by atoms with E-state index in [1.54, 1.807) is 11.3 Å². The molecule has 0 spiro atoms. The first kappa shape index (κ1) is 11.7. The lowest BCUT2D eigenvalue weighted by atomic mass is 9.88. The molecule has 3 heterocycles. The number of nitrogens with two attached hydrogens (primary N) is 1. The number of hydrogen-bond donors (Lipinski definition) is 2. The van der Waals surface area contributed by atoms with Gasteiger partial charge in [0.2, 0.25) is 5.28 Å². The molecule has 130 valence electrons. The van der Waals surface area contributed by atoms with E-state index in [1.165, 1.54) is 11.3 Å². The number of fused-ring (bicyclic) bond motifs is 1. The van der Waals surface area contributed by atoms with Crippen molar-refractivity contribution in [2.24, 2.45) is 5.73 Å². The van der Waals surface area contributed by atoms with E-state index in [-0.39, 0.29) is 5.28 Å². The molecular formula is C17H16BrClN4S2. The first-order valence-corrected chi connectivity index (χ1v) is 10.2. The van der Waals surface area contributed by atoms with Crippen molar-refractivity contribution < 1.29 is 8.22 Å². The van der Waals surface area contributed by atoms with Crippen LogP contribution in [0, 0.1) is 0 Å². The Morgan fingerprint density at radius 1 is 1.44 bits per heavy atom. The summed E-state index contributed by atoms with van der Waals surface area (Å²) in [6, 6.07) is 1.09. The van der Waals surface area contributed by atoms with Gasteiger partial charge in [-0.05, 0) is 51.7 Å². The van der Waals surface area contributed by atoms with Crippen LogP contribution in [0.25, 0.3) is 10.2 Å². The maximum atomic E-state index is 8.47. The summed E-state index contributed by atoms with van der Waals surface area (Å²) in [5.41, 5.74) is 6.60. The lowest BCUT2D eigenvalue weighted by molar-refractivity contribution is 0.527. The van der Waals surface area contributed by atoms with E-state index >= 15 is 0 Å². The highest BCUT2D eigenvalue weighted by Gasteiger charge is 2.27. The van der Waals surface area contributed by atoms with Crippen LogP contribution >= 0.6 is 50.2 Å². The number of thiophene rings is 2. The molecule has 1 aliphatic carbocycles. The molecule has 0 bridgehead atoms. The lowest BCUT2D eigenvalue weighted by Crippen LogP contribution is -2.29. The van der Waals surface area contributed by atoms with Crippen molar-refractivity contribution >= 4 is 66.2 Å². The largest absolute Gasteiger partial charge is 0.364 e. The second-order valence-electron chi connectivity index (χ2n) is 5.27. The van der Waals surface area contributed by atoms with E-state index in [4.69, 9.17) is 25.6 Å². The molecule has 0 aromatic carbocycles. The minimum absolute atomic E-state index is 0.00651. The average Bonchev–Trinajstić information content (AvgIpc) is 3.33. The molecule has 0 fully saturated rings. The molecule has 0 radical (unpaired) electrons. The van der Waals surface area contributed by atoms with Crippen LogP contribution in [0.4, 0.5) is 5.82 Å². The van der Waals surface area contributed by atoms with Crippen LogP contribution in [-0.2, 0) is 6.54 Å². The number of aromatic nitrogens is 2. The topological polar surface area (TPSA) is 63.8 Å². The Bertz CT molecular complexity index is 1180. The van der Waals surface area contributed by atoms with Gasteiger partial charge < -0.3 is 11.1 Å². The maximum absolute atomic E-state index is 8.47. The third kappa shape index (κ3) is 3.48. The van der Waals surface area contributed by atoms with Crippen molar-refractivity contribution in [2.75, 3.05) is 5.32 Å². The number of hydrogen-bond acceptors (Lipinski definition) is 6. The highest BCUT2D eigenvalue weighted by molar-refractivity contribution is 9.10. The van der Waals surface area contributed by atoms with Gasteiger partial charge in [-0.25, -0.2) is 4.98 Å². The fourth-order valence-electron chi connectivity index (χ4n) is 2.48. The normalized spacial score (nSPS) is 28.6. The third-order valence-corrected chi connectivity index (χ3v) is 7.03. The third-order valence-electron chi connectivity index (χ3n) is 3.66. The lowest BCUT2D eigenvalue weighted by Gasteiger charge is -2.24. The van der Waals surface area contributed by atoms with Gasteiger partial charge in [-0.1, -0.05) is 18.2 Å². The molecule has 0 unspecified atom stereocenters. The zero-order valence-electron chi connectivity index (χ0n) is 18.6. The standard InChI is InChI=1S/C17H16BrClN4S2/c18-12-13-15(25-14(12)10-5-1-2-6-11(10)20)16(23-17(19)22-13)21-8-9-4-3-7-24-9/h1-4,7,10-11H,5-6,8,20H2,(H,21,22,23)/t10-,11-/m1/s1/i1D,2D,5D2,6D2. The van der Waals surface area contributed by atoms with Gasteiger partial charge in [0, 0.05) is 27.2 Å². The molecule has 4 rings (SSSR count). The second kappa shape index (κ2) is 7.32. The van der Waals surface area contributed by atoms with E-state index in [9.17, 15) is 0 Å². The van der Waals surface area contributed by atoms with Crippen LogP contribution in [0.2, 0.25) is 5.28 Å². The Kier molecular flexibility index (Phi) is 3.42. The molecular weight excluding hydrogens is 440 g/mol. The number of halogens is 2. The number of anilines is 1. The van der Waals surface area contributed by atoms with Crippen molar-refractivity contribution in [1.82, 2.24) is 9.97 Å². The summed E-state index contributed by atoms with van der Waals surface area (Å²) in [4.78, 5) is 10.0. The number of rotatable bonds is 4. The van der Waals surface area contributed by atoms with Crippen molar-refractivity contribution in [1.29, 1.82) is 0 Å². The molecule has 0 saturated carbocycles. The molecule has 0 aliphatic heterocycles. The van der Waals surface area contributed by atoms with Gasteiger partial charge in [-0.15, -0.1) is 22.7 Å². The van der Waals surface area contributed by atoms with Crippen LogP contribution in [-0.4, -0.2) is 16.0 Å². The Hall–Kier alpha value is -0.990. The van der Waals surface area contributed by atoms with Crippen molar-refractivity contribution in [3.05, 3.63) is 49.1 Å². The predicted molar refractivity (Wildman–Crippen MR) is 111 cm³/mol. The molecule has 25 heavy (non-hydrogen) atoms. The van der Waals surface area contributed by atoms with Gasteiger partial charge in [0.15, 0.2) is 0 Å². The average molecular weight is 462 g/mol. The SMILES string of the molecule is [2H]C1=C([2H])C([2H])([2H])[C@@H](c2sc3c(NCc4cccs4)nc(Cl)nc3c2Br)[C@H](N)C1([2H])[2H]. The van der Waals surface area contributed by atoms with E-state index < -0.39 is 36.8 Å². The molecule has 0 amide bonds. The molecule has 8 heteroatoms. The number of nitrogens with one attached hydrogen (secondary N) is 1. The summed E-state index contributed by atoms with van der Waals surface area (Å²) in [5.74, 6) is -0.738. The summed E-state index contributed by atoms with van der Waals surface area (Å²) >= 11 is 12.3. The van der Waals surface area contributed by atoms with E-state index in [0.717, 1.165) is 4.88 Å². The molecule has 3 aromatic rings. The zero-order valence-corrected chi connectivity index (χ0v) is 16.6. The van der Waals surface area contributed by atoms with Gasteiger partial charge in [-0.2, -0.15) is 4.98 Å². The fourth-order valence-corrected chi connectivity index (χ4v) is 5.40. The summed E-state index contributed by atoms with van der Waals surface area (Å²) in [6.07, 6.45) is -4.69. The highest BCUT2D eigenvalue weighted by Crippen LogP contribution is 2.45.